The molecule has 25 heavy (non-hydrogen) atoms. The van der Waals surface area contributed by atoms with Crippen LogP contribution < -0.4 is 15.4 Å². The number of hydrogen-bond donors (Lipinski definition) is 2. The molecule has 1 aliphatic rings. The highest BCUT2D eigenvalue weighted by atomic mass is 35.5. The highest BCUT2D eigenvalue weighted by molar-refractivity contribution is 5.85. The number of aryl methyl sites for hydroxylation is 1. The predicted molar refractivity (Wildman–Crippen MR) is 99.5 cm³/mol. The minimum atomic E-state index is -0.0447. The van der Waals surface area contributed by atoms with Gasteiger partial charge in [0, 0.05) is 32.4 Å². The van der Waals surface area contributed by atoms with Gasteiger partial charge < -0.3 is 24.8 Å². The van der Waals surface area contributed by atoms with Crippen LogP contribution >= 0.6 is 12.4 Å². The van der Waals surface area contributed by atoms with Crippen molar-refractivity contribution in [2.24, 2.45) is 0 Å². The summed E-state index contributed by atoms with van der Waals surface area (Å²) >= 11 is 0. The molecule has 1 aliphatic heterocycles. The molecule has 0 aliphatic carbocycles. The van der Waals surface area contributed by atoms with Gasteiger partial charge in [-0.05, 0) is 31.4 Å². The highest BCUT2D eigenvalue weighted by Gasteiger charge is 2.17. The first-order valence-electron chi connectivity index (χ1n) is 8.49. The van der Waals surface area contributed by atoms with E-state index in [1.165, 1.54) is 0 Å². The van der Waals surface area contributed by atoms with E-state index in [4.69, 9.17) is 14.2 Å². The lowest BCUT2D eigenvalue weighted by Crippen LogP contribution is -2.34. The number of benzene rings is 1. The van der Waals surface area contributed by atoms with Gasteiger partial charge in [-0.15, -0.1) is 12.4 Å². The number of carbonyl (C=O) groups excluding carboxylic acids is 1. The average Bonchev–Trinajstić information content (AvgIpc) is 3.09. The van der Waals surface area contributed by atoms with Gasteiger partial charge >= 0.3 is 0 Å². The van der Waals surface area contributed by atoms with Crippen LogP contribution in [0.3, 0.4) is 0 Å². The first kappa shape index (κ1) is 21.7. The fraction of sp³-hybridized carbons (Fsp3) is 0.611. The summed E-state index contributed by atoms with van der Waals surface area (Å²) in [6.45, 7) is 5.38. The lowest BCUT2D eigenvalue weighted by Gasteiger charge is -2.16. The number of ether oxygens (including phenoxy) is 3. The predicted octanol–water partition coefficient (Wildman–Crippen LogP) is 1.83. The van der Waals surface area contributed by atoms with E-state index in [2.05, 4.69) is 10.6 Å². The Balaban J connectivity index is 0.00000312. The molecule has 2 rings (SSSR count). The molecule has 1 unspecified atom stereocenters. The Morgan fingerprint density at radius 3 is 2.96 bits per heavy atom. The van der Waals surface area contributed by atoms with Gasteiger partial charge in [0.1, 0.15) is 12.4 Å². The van der Waals surface area contributed by atoms with Gasteiger partial charge in [-0.1, -0.05) is 12.1 Å². The Kier molecular flexibility index (Phi) is 10.5. The summed E-state index contributed by atoms with van der Waals surface area (Å²) in [5.41, 5.74) is 2.11. The van der Waals surface area contributed by atoms with Gasteiger partial charge in [0.05, 0.1) is 19.3 Å². The molecule has 6 nitrogen and oxygen atoms in total. The molecular formula is C18H29ClN2O4. The summed E-state index contributed by atoms with van der Waals surface area (Å²) in [6, 6.07) is 6.03. The van der Waals surface area contributed by atoms with E-state index < -0.39 is 0 Å². The highest BCUT2D eigenvalue weighted by Crippen LogP contribution is 2.22. The zero-order chi connectivity index (χ0) is 17.2. The van der Waals surface area contributed by atoms with E-state index in [0.29, 0.717) is 26.3 Å². The van der Waals surface area contributed by atoms with Crippen LogP contribution in [0.15, 0.2) is 18.2 Å². The van der Waals surface area contributed by atoms with Crippen LogP contribution in [0, 0.1) is 6.92 Å². The fourth-order valence-corrected chi connectivity index (χ4v) is 2.53. The molecule has 1 amide bonds. The number of carbonyl (C=O) groups is 1. The zero-order valence-electron chi connectivity index (χ0n) is 15.0. The third-order valence-corrected chi connectivity index (χ3v) is 3.92. The van der Waals surface area contributed by atoms with E-state index in [1.54, 1.807) is 7.11 Å². The SMILES string of the molecule is COCCNCC(=O)NCc1ccc(C)cc1OCC1CCCO1.Cl. The molecule has 1 aromatic carbocycles. The van der Waals surface area contributed by atoms with Crippen LogP contribution in [0.5, 0.6) is 5.75 Å². The van der Waals surface area contributed by atoms with Gasteiger partial charge in [0.25, 0.3) is 0 Å². The van der Waals surface area contributed by atoms with Crippen LogP contribution in [0.25, 0.3) is 0 Å². The van der Waals surface area contributed by atoms with Crippen LogP contribution in [0.4, 0.5) is 0 Å². The zero-order valence-corrected chi connectivity index (χ0v) is 15.8. The second kappa shape index (κ2) is 12.1. The Hall–Kier alpha value is -1.34. The van der Waals surface area contributed by atoms with E-state index in [0.717, 1.165) is 36.3 Å². The van der Waals surface area contributed by atoms with Crippen molar-refractivity contribution in [1.82, 2.24) is 10.6 Å². The summed E-state index contributed by atoms with van der Waals surface area (Å²) in [7, 11) is 1.64. The van der Waals surface area contributed by atoms with Crippen molar-refractivity contribution in [2.75, 3.05) is 40.0 Å². The first-order chi connectivity index (χ1) is 11.7. The van der Waals surface area contributed by atoms with Crippen LogP contribution in [-0.4, -0.2) is 52.0 Å². The molecule has 1 saturated heterocycles. The molecule has 0 aromatic heterocycles. The molecule has 0 spiro atoms. The Bertz CT molecular complexity index is 522. The number of halogens is 1. The maximum atomic E-state index is 11.8. The third-order valence-electron chi connectivity index (χ3n) is 3.92. The number of nitrogens with one attached hydrogen (secondary N) is 2. The van der Waals surface area contributed by atoms with Crippen molar-refractivity contribution in [3.05, 3.63) is 29.3 Å². The summed E-state index contributed by atoms with van der Waals surface area (Å²) in [4.78, 5) is 11.8. The monoisotopic (exact) mass is 372 g/mol. The molecule has 142 valence electrons. The minimum absolute atomic E-state index is 0. The summed E-state index contributed by atoms with van der Waals surface area (Å²) < 4.78 is 16.5. The first-order valence-corrected chi connectivity index (χ1v) is 8.49. The topological polar surface area (TPSA) is 68.8 Å². The standard InChI is InChI=1S/C18H28N2O4.ClH/c1-14-5-6-15(11-20-18(21)12-19-7-9-22-2)17(10-14)24-13-16-4-3-8-23-16;/h5-6,10,16,19H,3-4,7-9,11-13H2,1-2H3,(H,20,21);1H. The van der Waals surface area contributed by atoms with Crippen molar-refractivity contribution in [1.29, 1.82) is 0 Å². The summed E-state index contributed by atoms with van der Waals surface area (Å²) in [5.74, 6) is 0.773. The van der Waals surface area contributed by atoms with Crippen LogP contribution in [0.2, 0.25) is 0 Å². The molecule has 1 atom stereocenters. The lowest BCUT2D eigenvalue weighted by atomic mass is 10.1. The Morgan fingerprint density at radius 2 is 2.24 bits per heavy atom. The van der Waals surface area contributed by atoms with Crippen molar-refractivity contribution in [3.63, 3.8) is 0 Å². The quantitative estimate of drug-likeness (QED) is 0.613. The fourth-order valence-electron chi connectivity index (χ4n) is 2.53. The molecule has 0 radical (unpaired) electrons. The normalized spacial score (nSPS) is 16.3. The van der Waals surface area contributed by atoms with E-state index in [9.17, 15) is 4.79 Å². The molecule has 1 fully saturated rings. The Morgan fingerprint density at radius 1 is 1.40 bits per heavy atom. The van der Waals surface area contributed by atoms with Gasteiger partial charge in [-0.2, -0.15) is 0 Å². The third kappa shape index (κ3) is 8.05. The number of rotatable bonds is 10. The van der Waals surface area contributed by atoms with E-state index in [1.807, 2.05) is 25.1 Å². The lowest BCUT2D eigenvalue weighted by molar-refractivity contribution is -0.120. The second-order valence-corrected chi connectivity index (χ2v) is 6.00. The molecule has 7 heteroatoms. The largest absolute Gasteiger partial charge is 0.491 e. The average molecular weight is 373 g/mol. The second-order valence-electron chi connectivity index (χ2n) is 6.00. The van der Waals surface area contributed by atoms with E-state index >= 15 is 0 Å². The van der Waals surface area contributed by atoms with Gasteiger partial charge in [0.15, 0.2) is 0 Å². The number of amides is 1. The maximum absolute atomic E-state index is 11.8. The smallest absolute Gasteiger partial charge is 0.234 e. The summed E-state index contributed by atoms with van der Waals surface area (Å²) in [6.07, 6.45) is 2.32. The molecule has 0 saturated carbocycles. The van der Waals surface area contributed by atoms with Crippen LogP contribution in [-0.2, 0) is 20.8 Å². The molecule has 1 aromatic rings. The minimum Gasteiger partial charge on any atom is -0.491 e. The maximum Gasteiger partial charge on any atom is 0.234 e. The van der Waals surface area contributed by atoms with Gasteiger partial charge in [-0.25, -0.2) is 0 Å². The molecule has 1 heterocycles. The molecular weight excluding hydrogens is 344 g/mol. The number of hydrogen-bond acceptors (Lipinski definition) is 5. The van der Waals surface area contributed by atoms with Crippen molar-refractivity contribution in [2.45, 2.75) is 32.4 Å². The van der Waals surface area contributed by atoms with Gasteiger partial charge in [-0.3, -0.25) is 4.79 Å². The summed E-state index contributed by atoms with van der Waals surface area (Å²) in [5, 5.41) is 5.93. The van der Waals surface area contributed by atoms with E-state index in [-0.39, 0.29) is 31.0 Å². The number of methoxy groups -OCH3 is 1. The van der Waals surface area contributed by atoms with Crippen LogP contribution in [0.1, 0.15) is 24.0 Å². The Labute approximate surface area is 156 Å². The molecule has 0 bridgehead atoms. The van der Waals surface area contributed by atoms with Crippen molar-refractivity contribution >= 4 is 18.3 Å². The van der Waals surface area contributed by atoms with Crippen molar-refractivity contribution < 1.29 is 19.0 Å². The van der Waals surface area contributed by atoms with Gasteiger partial charge in [0.2, 0.25) is 5.91 Å². The molecule has 2 N–H and O–H groups in total. The van der Waals surface area contributed by atoms with Crippen molar-refractivity contribution in [3.8, 4) is 5.75 Å².